The largest absolute Gasteiger partial charge is 0.302 e. The Labute approximate surface area is 204 Å². The molecule has 10 heteroatoms. The number of sulfone groups is 1. The molecule has 1 aromatic heterocycles. The summed E-state index contributed by atoms with van der Waals surface area (Å²) in [6, 6.07) is 8.57. The zero-order chi connectivity index (χ0) is 23.5. The number of carbonyl (C=O) groups excluding carboxylic acids is 1. The molecule has 0 bridgehead atoms. The number of hydrogen-bond donors (Lipinski definition) is 0. The molecule has 2 aromatic carbocycles. The molecule has 6 nitrogen and oxygen atoms in total. The van der Waals surface area contributed by atoms with Crippen molar-refractivity contribution < 1.29 is 17.6 Å². The van der Waals surface area contributed by atoms with E-state index in [0.717, 1.165) is 46.6 Å². The van der Waals surface area contributed by atoms with E-state index in [2.05, 4.69) is 9.88 Å². The van der Waals surface area contributed by atoms with Gasteiger partial charge in [-0.1, -0.05) is 31.3 Å². The average molecular weight is 514 g/mol. The molecule has 1 heterocycles. The lowest BCUT2D eigenvalue weighted by Crippen LogP contribution is -2.41. The lowest BCUT2D eigenvalue weighted by molar-refractivity contribution is -0.116. The number of fused-ring (bicyclic) bond motifs is 1. The zero-order valence-electron chi connectivity index (χ0n) is 19.2. The third-order valence-corrected chi connectivity index (χ3v) is 8.01. The molecule has 0 fully saturated rings. The molecule has 180 valence electrons. The van der Waals surface area contributed by atoms with Crippen LogP contribution in [-0.4, -0.2) is 56.1 Å². The standard InChI is InChI=1S/C23H28FN3O3S2.ClH/c1-5-26(6-2)11-12-27(23-25-22-17(4)13-16(3)14-20(22)31-23)21(28)15-32(29,30)19-9-7-18(24)8-10-19;/h7-10,13-14H,5-6,11-12,15H2,1-4H3;1H. The highest BCUT2D eigenvalue weighted by Gasteiger charge is 2.27. The van der Waals surface area contributed by atoms with Crippen LogP contribution in [0, 0.1) is 19.7 Å². The summed E-state index contributed by atoms with van der Waals surface area (Å²) >= 11 is 1.38. The van der Waals surface area contributed by atoms with Crippen LogP contribution in [0.25, 0.3) is 10.2 Å². The monoisotopic (exact) mass is 513 g/mol. The first-order valence-electron chi connectivity index (χ1n) is 10.5. The minimum absolute atomic E-state index is 0. The van der Waals surface area contributed by atoms with Crippen LogP contribution in [-0.2, 0) is 14.6 Å². The van der Waals surface area contributed by atoms with Crippen molar-refractivity contribution >= 4 is 54.8 Å². The fourth-order valence-electron chi connectivity index (χ4n) is 3.55. The van der Waals surface area contributed by atoms with Crippen molar-refractivity contribution in [3.05, 3.63) is 53.3 Å². The van der Waals surface area contributed by atoms with E-state index in [-0.39, 0.29) is 17.3 Å². The van der Waals surface area contributed by atoms with E-state index >= 15 is 0 Å². The zero-order valence-corrected chi connectivity index (χ0v) is 21.6. The number of thiazole rings is 1. The SMILES string of the molecule is CCN(CC)CCN(C(=O)CS(=O)(=O)c1ccc(F)cc1)c1nc2c(C)cc(C)cc2s1.Cl. The van der Waals surface area contributed by atoms with E-state index < -0.39 is 27.3 Å². The summed E-state index contributed by atoms with van der Waals surface area (Å²) in [6.07, 6.45) is 0. The first-order chi connectivity index (χ1) is 15.1. The Balaban J connectivity index is 0.00000385. The normalized spacial score (nSPS) is 11.6. The second kappa shape index (κ2) is 11.4. The van der Waals surface area contributed by atoms with Crippen molar-refractivity contribution in [1.29, 1.82) is 0 Å². The predicted molar refractivity (Wildman–Crippen MR) is 135 cm³/mol. The van der Waals surface area contributed by atoms with Gasteiger partial charge in [0.05, 0.1) is 15.1 Å². The molecule has 0 unspecified atom stereocenters. The highest BCUT2D eigenvalue weighted by molar-refractivity contribution is 7.92. The Morgan fingerprint density at radius 3 is 2.30 bits per heavy atom. The van der Waals surface area contributed by atoms with Crippen molar-refractivity contribution in [2.45, 2.75) is 32.6 Å². The van der Waals surface area contributed by atoms with Crippen molar-refractivity contribution in [1.82, 2.24) is 9.88 Å². The summed E-state index contributed by atoms with van der Waals surface area (Å²) in [5.74, 6) is -1.78. The van der Waals surface area contributed by atoms with Gasteiger partial charge >= 0.3 is 0 Å². The number of amides is 1. The molecular weight excluding hydrogens is 485 g/mol. The van der Waals surface area contributed by atoms with Crippen LogP contribution in [0.4, 0.5) is 9.52 Å². The van der Waals surface area contributed by atoms with E-state index in [1.165, 1.54) is 28.4 Å². The lowest BCUT2D eigenvalue weighted by Gasteiger charge is -2.24. The van der Waals surface area contributed by atoms with Gasteiger partial charge in [0, 0.05) is 13.1 Å². The average Bonchev–Trinajstić information content (AvgIpc) is 3.15. The van der Waals surface area contributed by atoms with Crippen LogP contribution in [0.2, 0.25) is 0 Å². The van der Waals surface area contributed by atoms with Gasteiger partial charge in [0.2, 0.25) is 5.91 Å². The van der Waals surface area contributed by atoms with Gasteiger partial charge in [-0.25, -0.2) is 17.8 Å². The topological polar surface area (TPSA) is 70.6 Å². The first-order valence-corrected chi connectivity index (χ1v) is 13.0. The van der Waals surface area contributed by atoms with Crippen molar-refractivity contribution in [2.24, 2.45) is 0 Å². The molecule has 0 N–H and O–H groups in total. The Morgan fingerprint density at radius 2 is 1.70 bits per heavy atom. The molecule has 0 spiro atoms. The maximum absolute atomic E-state index is 13.2. The second-order valence-corrected chi connectivity index (χ2v) is 10.7. The Morgan fingerprint density at radius 1 is 1.06 bits per heavy atom. The number of halogens is 2. The molecule has 0 saturated carbocycles. The summed E-state index contributed by atoms with van der Waals surface area (Å²) in [5, 5.41) is 0.486. The number of aromatic nitrogens is 1. The van der Waals surface area contributed by atoms with E-state index in [1.807, 2.05) is 39.8 Å². The molecule has 1 amide bonds. The molecule has 0 aliphatic rings. The second-order valence-electron chi connectivity index (χ2n) is 7.71. The van der Waals surface area contributed by atoms with E-state index in [0.29, 0.717) is 18.2 Å². The predicted octanol–water partition coefficient (Wildman–Crippen LogP) is 4.62. The smallest absolute Gasteiger partial charge is 0.244 e. The van der Waals surface area contributed by atoms with Gasteiger partial charge in [0.15, 0.2) is 15.0 Å². The molecule has 0 atom stereocenters. The summed E-state index contributed by atoms with van der Waals surface area (Å²) in [5.41, 5.74) is 2.93. The van der Waals surface area contributed by atoms with Gasteiger partial charge in [-0.2, -0.15) is 0 Å². The van der Waals surface area contributed by atoms with E-state index in [1.54, 1.807) is 0 Å². The fraction of sp³-hybridized carbons (Fsp3) is 0.391. The van der Waals surface area contributed by atoms with E-state index in [9.17, 15) is 17.6 Å². The highest BCUT2D eigenvalue weighted by atomic mass is 35.5. The number of benzene rings is 2. The lowest BCUT2D eigenvalue weighted by atomic mass is 10.1. The van der Waals surface area contributed by atoms with Gasteiger partial charge < -0.3 is 4.90 Å². The van der Waals surface area contributed by atoms with Crippen LogP contribution >= 0.6 is 23.7 Å². The summed E-state index contributed by atoms with van der Waals surface area (Å²) < 4.78 is 39.8. The molecule has 0 radical (unpaired) electrons. The van der Waals surface area contributed by atoms with Crippen molar-refractivity contribution in [3.8, 4) is 0 Å². The van der Waals surface area contributed by atoms with Crippen molar-refractivity contribution in [2.75, 3.05) is 36.8 Å². The van der Waals surface area contributed by atoms with Gasteiger partial charge in [-0.3, -0.25) is 9.69 Å². The molecule has 0 aliphatic heterocycles. The molecule has 3 rings (SSSR count). The first kappa shape index (κ1) is 27.2. The quantitative estimate of drug-likeness (QED) is 0.390. The van der Waals surface area contributed by atoms with Crippen LogP contribution in [0.1, 0.15) is 25.0 Å². The maximum atomic E-state index is 13.2. The van der Waals surface area contributed by atoms with Crippen LogP contribution < -0.4 is 4.90 Å². The summed E-state index contributed by atoms with van der Waals surface area (Å²) in [4.78, 5) is 21.5. The van der Waals surface area contributed by atoms with Crippen LogP contribution in [0.5, 0.6) is 0 Å². The number of nitrogens with zero attached hydrogens (tertiary/aromatic N) is 3. The van der Waals surface area contributed by atoms with Gasteiger partial charge in [-0.15, -0.1) is 12.4 Å². The van der Waals surface area contributed by atoms with E-state index in [4.69, 9.17) is 0 Å². The highest BCUT2D eigenvalue weighted by Crippen LogP contribution is 2.32. The molecule has 0 saturated heterocycles. The molecule has 3 aromatic rings. The molecule has 0 aliphatic carbocycles. The summed E-state index contributed by atoms with van der Waals surface area (Å²) in [7, 11) is -3.92. The van der Waals surface area contributed by atoms with Crippen LogP contribution in [0.15, 0.2) is 41.3 Å². The van der Waals surface area contributed by atoms with Gasteiger partial charge in [0.1, 0.15) is 11.6 Å². The Hall–Kier alpha value is -2.07. The number of hydrogen-bond acceptors (Lipinski definition) is 6. The number of anilines is 1. The number of carbonyl (C=O) groups is 1. The van der Waals surface area contributed by atoms with Crippen LogP contribution in [0.3, 0.4) is 0 Å². The Bertz CT molecular complexity index is 1210. The third kappa shape index (κ3) is 6.50. The molecular formula is C23H29ClFN3O3S2. The fourth-order valence-corrected chi connectivity index (χ4v) is 5.93. The molecule has 33 heavy (non-hydrogen) atoms. The third-order valence-electron chi connectivity index (χ3n) is 5.37. The minimum atomic E-state index is -3.92. The summed E-state index contributed by atoms with van der Waals surface area (Å²) in [6.45, 7) is 10.6. The van der Waals surface area contributed by atoms with Gasteiger partial charge in [-0.05, 0) is 68.4 Å². The maximum Gasteiger partial charge on any atom is 0.244 e. The number of likely N-dealkylation sites (N-methyl/N-ethyl adjacent to an activating group) is 1. The Kier molecular flexibility index (Phi) is 9.37. The van der Waals surface area contributed by atoms with Crippen molar-refractivity contribution in [3.63, 3.8) is 0 Å². The minimum Gasteiger partial charge on any atom is -0.302 e. The number of rotatable bonds is 9. The van der Waals surface area contributed by atoms with Gasteiger partial charge in [0.25, 0.3) is 0 Å². The number of aryl methyl sites for hydroxylation is 2.